The lowest BCUT2D eigenvalue weighted by atomic mass is 10.0. The van der Waals surface area contributed by atoms with E-state index in [1.807, 2.05) is 10.0 Å². The van der Waals surface area contributed by atoms with Gasteiger partial charge >= 0.3 is 6.18 Å². The topological polar surface area (TPSA) is 88.2 Å². The van der Waals surface area contributed by atoms with Crippen LogP contribution in [0.25, 0.3) is 0 Å². The van der Waals surface area contributed by atoms with E-state index in [1.165, 1.54) is 7.05 Å². The summed E-state index contributed by atoms with van der Waals surface area (Å²) in [5.41, 5.74) is -2.60. The average molecular weight is 325 g/mol. The Bertz CT molecular complexity index is 624. The van der Waals surface area contributed by atoms with Crippen LogP contribution in [0.3, 0.4) is 0 Å². The summed E-state index contributed by atoms with van der Waals surface area (Å²) in [4.78, 5) is 15.3. The van der Waals surface area contributed by atoms with Crippen molar-refractivity contribution in [1.82, 2.24) is 15.0 Å². The number of carbonyl (C=O) groups is 1. The van der Waals surface area contributed by atoms with Crippen molar-refractivity contribution in [2.45, 2.75) is 30.6 Å². The summed E-state index contributed by atoms with van der Waals surface area (Å²) in [5, 5.41) is 1.48. The molecule has 118 valence electrons. The Labute approximate surface area is 119 Å². The van der Waals surface area contributed by atoms with Crippen molar-refractivity contribution >= 4 is 15.9 Å². The van der Waals surface area contributed by atoms with E-state index in [1.54, 1.807) is 0 Å². The summed E-state index contributed by atoms with van der Waals surface area (Å²) in [6.45, 7) is 1.64. The second kappa shape index (κ2) is 5.60. The van der Waals surface area contributed by atoms with Crippen molar-refractivity contribution in [3.8, 4) is 0 Å². The molecule has 0 aliphatic heterocycles. The highest BCUT2D eigenvalue weighted by Gasteiger charge is 2.48. The van der Waals surface area contributed by atoms with Gasteiger partial charge in [0.2, 0.25) is 0 Å². The molecule has 1 heterocycles. The number of sulfonamides is 1. The highest BCUT2D eigenvalue weighted by Crippen LogP contribution is 2.29. The summed E-state index contributed by atoms with van der Waals surface area (Å²) < 4.78 is 62.8. The van der Waals surface area contributed by atoms with Gasteiger partial charge in [-0.2, -0.15) is 13.2 Å². The largest absolute Gasteiger partial charge is 0.410 e. The van der Waals surface area contributed by atoms with Crippen LogP contribution in [0.4, 0.5) is 13.2 Å². The van der Waals surface area contributed by atoms with E-state index in [0.29, 0.717) is 0 Å². The van der Waals surface area contributed by atoms with E-state index in [2.05, 4.69) is 4.98 Å². The summed E-state index contributed by atoms with van der Waals surface area (Å²) >= 11 is 0. The Morgan fingerprint density at radius 1 is 1.24 bits per heavy atom. The Morgan fingerprint density at radius 3 is 2.19 bits per heavy atom. The van der Waals surface area contributed by atoms with Gasteiger partial charge in [0, 0.05) is 6.20 Å². The molecule has 0 saturated carbocycles. The summed E-state index contributed by atoms with van der Waals surface area (Å²) in [6.07, 6.45) is -3.72. The van der Waals surface area contributed by atoms with Gasteiger partial charge < -0.3 is 5.32 Å². The first-order valence-corrected chi connectivity index (χ1v) is 7.18. The van der Waals surface area contributed by atoms with Gasteiger partial charge in [-0.1, -0.05) is 0 Å². The minimum atomic E-state index is -4.62. The fraction of sp³-hybridized carbons (Fsp3) is 0.455. The third-order valence-corrected chi connectivity index (χ3v) is 4.01. The maximum Gasteiger partial charge on any atom is 0.410 e. The number of nitrogens with zero attached hydrogens (tertiary/aromatic N) is 1. The minimum absolute atomic E-state index is 0.178. The lowest BCUT2D eigenvalue weighted by Gasteiger charge is -2.28. The molecule has 21 heavy (non-hydrogen) atoms. The van der Waals surface area contributed by atoms with Crippen LogP contribution in [0, 0.1) is 0 Å². The van der Waals surface area contributed by atoms with Crippen molar-refractivity contribution in [2.75, 3.05) is 7.05 Å². The number of hydrogen-bond donors (Lipinski definition) is 2. The molecule has 1 aromatic heterocycles. The standard InChI is InChI=1S/C11H14F3N3O3S/c1-10(2,11(12,13)14)17-9(18)7-4-5-8(16-6-7)21(19,20)15-3/h4-6,15H,1-3H3,(H,17,18). The minimum Gasteiger partial charge on any atom is -0.338 e. The molecule has 0 bridgehead atoms. The SMILES string of the molecule is CNS(=O)(=O)c1ccc(C(=O)NC(C)(C)C(F)(F)F)cn1. The van der Waals surface area contributed by atoms with Crippen molar-refractivity contribution in [3.05, 3.63) is 23.9 Å². The van der Waals surface area contributed by atoms with Crippen LogP contribution in [-0.2, 0) is 10.0 Å². The van der Waals surface area contributed by atoms with Crippen LogP contribution < -0.4 is 10.0 Å². The zero-order valence-corrected chi connectivity index (χ0v) is 12.3. The summed E-state index contributed by atoms with van der Waals surface area (Å²) in [5.74, 6) is -1.00. The average Bonchev–Trinajstić information content (AvgIpc) is 2.37. The molecule has 2 N–H and O–H groups in total. The maximum atomic E-state index is 12.7. The fourth-order valence-corrected chi connectivity index (χ4v) is 1.85. The molecule has 0 atom stereocenters. The Balaban J connectivity index is 2.96. The highest BCUT2D eigenvalue weighted by molar-refractivity contribution is 7.89. The number of nitrogens with one attached hydrogen (secondary N) is 2. The number of halogens is 3. The van der Waals surface area contributed by atoms with Crippen molar-refractivity contribution in [2.24, 2.45) is 0 Å². The van der Waals surface area contributed by atoms with Crippen LogP contribution in [0.15, 0.2) is 23.4 Å². The number of carbonyl (C=O) groups excluding carboxylic acids is 1. The molecule has 1 rings (SSSR count). The highest BCUT2D eigenvalue weighted by atomic mass is 32.2. The van der Waals surface area contributed by atoms with Crippen LogP contribution in [0.2, 0.25) is 0 Å². The van der Waals surface area contributed by atoms with Gasteiger partial charge in [0.25, 0.3) is 15.9 Å². The molecule has 0 fully saturated rings. The molecule has 6 nitrogen and oxygen atoms in total. The fourth-order valence-electron chi connectivity index (χ4n) is 1.21. The van der Waals surface area contributed by atoms with Crippen molar-refractivity contribution < 1.29 is 26.4 Å². The molecule has 1 aromatic rings. The Kier molecular flexibility index (Phi) is 4.63. The molecule has 0 saturated heterocycles. The third kappa shape index (κ3) is 3.91. The van der Waals surface area contributed by atoms with E-state index in [4.69, 9.17) is 0 Å². The first-order chi connectivity index (χ1) is 9.40. The number of hydrogen-bond acceptors (Lipinski definition) is 4. The van der Waals surface area contributed by atoms with Crippen LogP contribution in [0.1, 0.15) is 24.2 Å². The van der Waals surface area contributed by atoms with Gasteiger partial charge in [-0.3, -0.25) is 4.79 Å². The first kappa shape index (κ1) is 17.4. The molecule has 0 aromatic carbocycles. The molecule has 0 aliphatic rings. The predicted molar refractivity (Wildman–Crippen MR) is 68.1 cm³/mol. The Hall–Kier alpha value is -1.68. The van der Waals surface area contributed by atoms with E-state index in [9.17, 15) is 26.4 Å². The third-order valence-electron chi connectivity index (χ3n) is 2.68. The molecular formula is C11H14F3N3O3S. The molecule has 0 spiro atoms. The zero-order chi connectivity index (χ0) is 16.5. The van der Waals surface area contributed by atoms with Gasteiger partial charge in [-0.05, 0) is 33.0 Å². The van der Waals surface area contributed by atoms with Crippen LogP contribution >= 0.6 is 0 Å². The zero-order valence-electron chi connectivity index (χ0n) is 11.4. The summed E-state index contributed by atoms with van der Waals surface area (Å²) in [7, 11) is -2.59. The predicted octanol–water partition coefficient (Wildman–Crippen LogP) is 1.06. The Morgan fingerprint density at radius 2 is 1.81 bits per heavy atom. The maximum absolute atomic E-state index is 12.7. The van der Waals surface area contributed by atoms with Crippen LogP contribution in [0.5, 0.6) is 0 Å². The number of rotatable bonds is 4. The van der Waals surface area contributed by atoms with E-state index in [-0.39, 0.29) is 10.6 Å². The number of aromatic nitrogens is 1. The molecule has 0 radical (unpaired) electrons. The van der Waals surface area contributed by atoms with Crippen molar-refractivity contribution in [3.63, 3.8) is 0 Å². The second-order valence-electron chi connectivity index (χ2n) is 4.67. The lowest BCUT2D eigenvalue weighted by molar-refractivity contribution is -0.182. The van der Waals surface area contributed by atoms with Crippen LogP contribution in [-0.4, -0.2) is 38.1 Å². The van der Waals surface area contributed by atoms with Gasteiger partial charge in [0.05, 0.1) is 5.56 Å². The number of amides is 1. The molecule has 0 aliphatic carbocycles. The normalized spacial score (nSPS) is 13.0. The molecule has 1 amide bonds. The van der Waals surface area contributed by atoms with Gasteiger partial charge in [-0.25, -0.2) is 18.1 Å². The van der Waals surface area contributed by atoms with Crippen molar-refractivity contribution in [1.29, 1.82) is 0 Å². The number of pyridine rings is 1. The van der Waals surface area contributed by atoms with Gasteiger partial charge in [0.1, 0.15) is 5.54 Å². The smallest absolute Gasteiger partial charge is 0.338 e. The summed E-state index contributed by atoms with van der Waals surface area (Å²) in [6, 6.07) is 2.11. The molecule has 10 heteroatoms. The van der Waals surface area contributed by atoms with E-state index < -0.39 is 27.6 Å². The second-order valence-corrected chi connectivity index (χ2v) is 6.50. The lowest BCUT2D eigenvalue weighted by Crippen LogP contribution is -2.54. The quantitative estimate of drug-likeness (QED) is 0.866. The number of alkyl halides is 3. The monoisotopic (exact) mass is 325 g/mol. The van der Waals surface area contributed by atoms with Gasteiger partial charge in [-0.15, -0.1) is 0 Å². The van der Waals surface area contributed by atoms with E-state index >= 15 is 0 Å². The molecule has 0 unspecified atom stereocenters. The van der Waals surface area contributed by atoms with Gasteiger partial charge in [0.15, 0.2) is 5.03 Å². The molecular weight excluding hydrogens is 311 g/mol. The first-order valence-electron chi connectivity index (χ1n) is 5.69. The van der Waals surface area contributed by atoms with E-state index in [0.717, 1.165) is 32.2 Å².